The summed E-state index contributed by atoms with van der Waals surface area (Å²) in [4.78, 5) is 27.8. The van der Waals surface area contributed by atoms with E-state index in [1.165, 1.54) is 25.3 Å². The standard InChI is InChI=1S/C13H17N3O2/c14-12(17)11-4-2-9(15-13(11)18)7-16-6-8-1-3-10(16)5-8/h2,4,8,10H,1,3,5-7H2,(H2,14,17)(H,15,18). The van der Waals surface area contributed by atoms with Crippen molar-refractivity contribution in [2.45, 2.75) is 31.8 Å². The average Bonchev–Trinajstić information content (AvgIpc) is 2.90. The highest BCUT2D eigenvalue weighted by atomic mass is 16.2. The lowest BCUT2D eigenvalue weighted by molar-refractivity contribution is 0.0998. The van der Waals surface area contributed by atoms with Gasteiger partial charge in [0, 0.05) is 24.8 Å². The molecule has 2 atom stereocenters. The predicted molar refractivity (Wildman–Crippen MR) is 67.1 cm³/mol. The molecular formula is C13H17N3O2. The number of hydrogen-bond donors (Lipinski definition) is 2. The number of primary amides is 1. The Bertz CT molecular complexity index is 537. The molecule has 0 radical (unpaired) electrons. The first kappa shape index (κ1) is 11.5. The number of nitrogens with zero attached hydrogens (tertiary/aromatic N) is 1. The van der Waals surface area contributed by atoms with E-state index in [2.05, 4.69) is 9.88 Å². The van der Waals surface area contributed by atoms with E-state index in [0.29, 0.717) is 6.04 Å². The Morgan fingerprint density at radius 2 is 2.28 bits per heavy atom. The number of pyridine rings is 1. The van der Waals surface area contributed by atoms with Crippen LogP contribution in [0.5, 0.6) is 0 Å². The third-order valence-electron chi connectivity index (χ3n) is 4.13. The van der Waals surface area contributed by atoms with E-state index in [1.54, 1.807) is 6.07 Å². The lowest BCUT2D eigenvalue weighted by Crippen LogP contribution is -2.33. The minimum atomic E-state index is -0.678. The Balaban J connectivity index is 1.76. The van der Waals surface area contributed by atoms with Crippen molar-refractivity contribution in [1.82, 2.24) is 9.88 Å². The van der Waals surface area contributed by atoms with Crippen molar-refractivity contribution in [3.8, 4) is 0 Å². The highest BCUT2D eigenvalue weighted by Gasteiger charge is 2.37. The second kappa shape index (κ2) is 4.24. The van der Waals surface area contributed by atoms with E-state index < -0.39 is 5.91 Å². The van der Waals surface area contributed by atoms with Crippen LogP contribution in [0.25, 0.3) is 0 Å². The second-order valence-corrected chi connectivity index (χ2v) is 5.35. The molecule has 3 N–H and O–H groups in total. The summed E-state index contributed by atoms with van der Waals surface area (Å²) in [5.74, 6) is 0.162. The molecule has 1 saturated carbocycles. The maximum absolute atomic E-state index is 11.6. The summed E-state index contributed by atoms with van der Waals surface area (Å²) in [6.45, 7) is 1.89. The maximum Gasteiger partial charge on any atom is 0.261 e. The first-order valence-corrected chi connectivity index (χ1v) is 6.39. The smallest absolute Gasteiger partial charge is 0.261 e. The first-order valence-electron chi connectivity index (χ1n) is 6.39. The number of nitrogens with two attached hydrogens (primary N) is 1. The zero-order valence-corrected chi connectivity index (χ0v) is 10.2. The van der Waals surface area contributed by atoms with Gasteiger partial charge >= 0.3 is 0 Å². The number of likely N-dealkylation sites (tertiary alicyclic amines) is 1. The van der Waals surface area contributed by atoms with Gasteiger partial charge in [-0.2, -0.15) is 0 Å². The Labute approximate surface area is 105 Å². The number of amides is 1. The maximum atomic E-state index is 11.6. The number of nitrogens with one attached hydrogen (secondary N) is 1. The molecule has 0 aromatic carbocycles. The van der Waals surface area contributed by atoms with Crippen molar-refractivity contribution in [2.24, 2.45) is 11.7 Å². The van der Waals surface area contributed by atoms with Gasteiger partial charge < -0.3 is 10.7 Å². The van der Waals surface area contributed by atoms with E-state index in [9.17, 15) is 9.59 Å². The van der Waals surface area contributed by atoms with E-state index in [-0.39, 0.29) is 11.1 Å². The number of H-pyrrole nitrogens is 1. The van der Waals surface area contributed by atoms with Crippen LogP contribution in [-0.2, 0) is 6.54 Å². The molecule has 1 aliphatic heterocycles. The Morgan fingerprint density at radius 3 is 2.83 bits per heavy atom. The molecule has 2 bridgehead atoms. The number of fused-ring (bicyclic) bond motifs is 2. The minimum absolute atomic E-state index is 0.0293. The zero-order valence-electron chi connectivity index (χ0n) is 10.2. The van der Waals surface area contributed by atoms with Gasteiger partial charge in [-0.05, 0) is 37.3 Å². The number of carbonyl (C=O) groups is 1. The summed E-state index contributed by atoms with van der Waals surface area (Å²) in [5, 5.41) is 0. The van der Waals surface area contributed by atoms with Crippen LogP contribution in [0, 0.1) is 5.92 Å². The van der Waals surface area contributed by atoms with Gasteiger partial charge in [-0.25, -0.2) is 0 Å². The van der Waals surface area contributed by atoms with Crippen LogP contribution in [0.4, 0.5) is 0 Å². The third kappa shape index (κ3) is 1.95. The summed E-state index contributed by atoms with van der Waals surface area (Å²) in [5.41, 5.74) is 5.61. The van der Waals surface area contributed by atoms with Crippen LogP contribution < -0.4 is 11.3 Å². The van der Waals surface area contributed by atoms with Crippen molar-refractivity contribution < 1.29 is 4.79 Å². The van der Waals surface area contributed by atoms with Gasteiger partial charge in [0.25, 0.3) is 11.5 Å². The lowest BCUT2D eigenvalue weighted by Gasteiger charge is -2.26. The van der Waals surface area contributed by atoms with Gasteiger partial charge in [0.15, 0.2) is 0 Å². The highest BCUT2D eigenvalue weighted by molar-refractivity contribution is 5.92. The highest BCUT2D eigenvalue weighted by Crippen LogP contribution is 2.37. The number of hydrogen-bond acceptors (Lipinski definition) is 3. The molecule has 0 spiro atoms. The van der Waals surface area contributed by atoms with Crippen molar-refractivity contribution in [3.05, 3.63) is 33.7 Å². The molecule has 18 heavy (non-hydrogen) atoms. The first-order chi connectivity index (χ1) is 8.63. The molecule has 1 saturated heterocycles. The van der Waals surface area contributed by atoms with Gasteiger partial charge in [-0.3, -0.25) is 14.5 Å². The minimum Gasteiger partial charge on any atom is -0.365 e. The fourth-order valence-electron chi connectivity index (χ4n) is 3.24. The molecule has 2 aliphatic rings. The van der Waals surface area contributed by atoms with Gasteiger partial charge in [0.1, 0.15) is 5.56 Å². The molecule has 3 rings (SSSR count). The van der Waals surface area contributed by atoms with E-state index >= 15 is 0 Å². The number of carbonyl (C=O) groups excluding carboxylic acids is 1. The molecule has 5 heteroatoms. The van der Waals surface area contributed by atoms with E-state index in [0.717, 1.165) is 24.7 Å². The zero-order chi connectivity index (χ0) is 12.7. The normalized spacial score (nSPS) is 26.7. The molecule has 2 heterocycles. The molecular weight excluding hydrogens is 230 g/mol. The summed E-state index contributed by atoms with van der Waals surface area (Å²) >= 11 is 0. The molecule has 5 nitrogen and oxygen atoms in total. The van der Waals surface area contributed by atoms with E-state index in [4.69, 9.17) is 5.73 Å². The number of aromatic amines is 1. The molecule has 96 valence electrons. The summed E-state index contributed by atoms with van der Waals surface area (Å²) in [6, 6.07) is 3.98. The quantitative estimate of drug-likeness (QED) is 0.814. The monoisotopic (exact) mass is 247 g/mol. The van der Waals surface area contributed by atoms with Gasteiger partial charge in [-0.1, -0.05) is 0 Å². The summed E-state index contributed by atoms with van der Waals surface area (Å²) < 4.78 is 0. The van der Waals surface area contributed by atoms with E-state index in [1.807, 2.05) is 0 Å². The fourth-order valence-corrected chi connectivity index (χ4v) is 3.24. The van der Waals surface area contributed by atoms with Gasteiger partial charge in [-0.15, -0.1) is 0 Å². The Hall–Kier alpha value is -1.62. The van der Waals surface area contributed by atoms with Crippen molar-refractivity contribution >= 4 is 5.91 Å². The van der Waals surface area contributed by atoms with Crippen LogP contribution >= 0.6 is 0 Å². The molecule has 2 unspecified atom stereocenters. The number of rotatable bonds is 3. The fraction of sp³-hybridized carbons (Fsp3) is 0.538. The molecule has 1 amide bonds. The summed E-state index contributed by atoms with van der Waals surface area (Å²) in [6.07, 6.45) is 3.91. The topological polar surface area (TPSA) is 79.2 Å². The number of piperidine rings is 1. The van der Waals surface area contributed by atoms with Crippen molar-refractivity contribution in [1.29, 1.82) is 0 Å². The van der Waals surface area contributed by atoms with Crippen LogP contribution in [0.2, 0.25) is 0 Å². The van der Waals surface area contributed by atoms with Crippen molar-refractivity contribution in [3.63, 3.8) is 0 Å². The van der Waals surface area contributed by atoms with Crippen LogP contribution in [-0.4, -0.2) is 28.4 Å². The molecule has 2 fully saturated rings. The summed E-state index contributed by atoms with van der Waals surface area (Å²) in [7, 11) is 0. The SMILES string of the molecule is NC(=O)c1ccc(CN2CC3CCC2C3)[nH]c1=O. The average molecular weight is 247 g/mol. The number of aromatic nitrogens is 1. The molecule has 1 aromatic heterocycles. The van der Waals surface area contributed by atoms with Crippen LogP contribution in [0.1, 0.15) is 35.3 Å². The Kier molecular flexibility index (Phi) is 2.70. The lowest BCUT2D eigenvalue weighted by atomic mass is 10.1. The predicted octanol–water partition coefficient (Wildman–Crippen LogP) is 0.458. The van der Waals surface area contributed by atoms with Crippen molar-refractivity contribution in [2.75, 3.05) is 6.54 Å². The second-order valence-electron chi connectivity index (χ2n) is 5.35. The van der Waals surface area contributed by atoms with Crippen LogP contribution in [0.3, 0.4) is 0 Å². The Morgan fingerprint density at radius 1 is 1.44 bits per heavy atom. The third-order valence-corrected chi connectivity index (χ3v) is 4.13. The largest absolute Gasteiger partial charge is 0.365 e. The van der Waals surface area contributed by atoms with Crippen LogP contribution in [0.15, 0.2) is 16.9 Å². The molecule has 1 aliphatic carbocycles. The van der Waals surface area contributed by atoms with Gasteiger partial charge in [0.05, 0.1) is 0 Å². The molecule has 1 aromatic rings. The van der Waals surface area contributed by atoms with Gasteiger partial charge in [0.2, 0.25) is 0 Å².